The fourth-order valence-electron chi connectivity index (χ4n) is 0.882. The highest BCUT2D eigenvalue weighted by Gasteiger charge is 1.96. The number of hydrogen-bond acceptors (Lipinski definition) is 2. The zero-order valence-corrected chi connectivity index (χ0v) is 8.84. The van der Waals surface area contributed by atoms with Crippen LogP contribution in [-0.4, -0.2) is 24.6 Å². The Balaban J connectivity index is 2.89. The van der Waals surface area contributed by atoms with Gasteiger partial charge in [0.15, 0.2) is 0 Å². The zero-order chi connectivity index (χ0) is 8.53. The highest BCUT2D eigenvalue weighted by atomic mass is 32.2. The van der Waals surface area contributed by atoms with E-state index in [1.807, 2.05) is 7.05 Å². The average molecular weight is 175 g/mol. The molecule has 0 rings (SSSR count). The molecule has 0 saturated carbocycles. The molecule has 1 unspecified atom stereocenters. The van der Waals surface area contributed by atoms with E-state index >= 15 is 0 Å². The Labute approximate surface area is 75.3 Å². The second-order valence-corrected chi connectivity index (χ2v) is 4.17. The Morgan fingerprint density at radius 1 is 1.36 bits per heavy atom. The minimum Gasteiger partial charge on any atom is -0.317 e. The summed E-state index contributed by atoms with van der Waals surface area (Å²) >= 11 is 2.08. The molecule has 1 nitrogen and oxygen atoms in total. The van der Waals surface area contributed by atoms with Crippen LogP contribution in [0.4, 0.5) is 0 Å². The van der Waals surface area contributed by atoms with Crippen molar-refractivity contribution >= 4 is 11.8 Å². The highest BCUT2D eigenvalue weighted by Crippen LogP contribution is 2.07. The Morgan fingerprint density at radius 2 is 2.09 bits per heavy atom. The van der Waals surface area contributed by atoms with Gasteiger partial charge in [0.1, 0.15) is 0 Å². The van der Waals surface area contributed by atoms with Crippen LogP contribution in [0.3, 0.4) is 0 Å². The van der Waals surface area contributed by atoms with Gasteiger partial charge in [-0.25, -0.2) is 0 Å². The molecule has 0 aromatic heterocycles. The van der Waals surface area contributed by atoms with Crippen LogP contribution in [0, 0.1) is 0 Å². The van der Waals surface area contributed by atoms with Gasteiger partial charge in [0, 0.05) is 6.04 Å². The largest absolute Gasteiger partial charge is 0.317 e. The Kier molecular flexibility index (Phi) is 8.64. The van der Waals surface area contributed by atoms with Crippen LogP contribution in [-0.2, 0) is 0 Å². The maximum absolute atomic E-state index is 3.25. The van der Waals surface area contributed by atoms with Crippen molar-refractivity contribution in [2.75, 3.05) is 18.6 Å². The van der Waals surface area contributed by atoms with Gasteiger partial charge in [-0.2, -0.15) is 11.8 Å². The molecule has 0 saturated heterocycles. The number of nitrogens with one attached hydrogen (secondary N) is 1. The third-order valence-corrected chi connectivity index (χ3v) is 3.04. The topological polar surface area (TPSA) is 12.0 Å². The van der Waals surface area contributed by atoms with Crippen molar-refractivity contribution in [3.05, 3.63) is 0 Å². The lowest BCUT2D eigenvalue weighted by Gasteiger charge is -2.08. The first-order chi connectivity index (χ1) is 5.31. The summed E-state index contributed by atoms with van der Waals surface area (Å²) in [6.45, 7) is 4.48. The third-order valence-electron chi connectivity index (χ3n) is 1.77. The Hall–Kier alpha value is 0.310. The summed E-state index contributed by atoms with van der Waals surface area (Å²) in [7, 11) is 2.03. The van der Waals surface area contributed by atoms with Crippen LogP contribution in [0.1, 0.15) is 33.1 Å². The van der Waals surface area contributed by atoms with Crippen LogP contribution in [0.2, 0.25) is 0 Å². The standard InChI is InChI=1S/C9H21NS/c1-4-7-11-8-5-6-9(2)10-3/h9-10H,4-8H2,1-3H3. The van der Waals surface area contributed by atoms with E-state index in [0.29, 0.717) is 6.04 Å². The van der Waals surface area contributed by atoms with Gasteiger partial charge in [-0.05, 0) is 44.7 Å². The van der Waals surface area contributed by atoms with Crippen LogP contribution >= 0.6 is 11.8 Å². The fraction of sp³-hybridized carbons (Fsp3) is 1.00. The molecule has 0 aliphatic carbocycles. The molecule has 0 aromatic rings. The molecule has 1 N–H and O–H groups in total. The SMILES string of the molecule is CCCSCCCC(C)NC. The van der Waals surface area contributed by atoms with Crippen LogP contribution in [0.5, 0.6) is 0 Å². The van der Waals surface area contributed by atoms with Crippen molar-refractivity contribution in [3.8, 4) is 0 Å². The van der Waals surface area contributed by atoms with Gasteiger partial charge in [0.05, 0.1) is 0 Å². The normalized spacial score (nSPS) is 13.4. The van der Waals surface area contributed by atoms with Crippen molar-refractivity contribution in [2.45, 2.75) is 39.2 Å². The smallest absolute Gasteiger partial charge is 0.00360 e. The molecule has 0 fully saturated rings. The molecule has 0 amide bonds. The van der Waals surface area contributed by atoms with Crippen molar-refractivity contribution in [3.63, 3.8) is 0 Å². The van der Waals surface area contributed by atoms with E-state index in [4.69, 9.17) is 0 Å². The van der Waals surface area contributed by atoms with Gasteiger partial charge in [-0.15, -0.1) is 0 Å². The molecule has 0 heterocycles. The molecular weight excluding hydrogens is 154 g/mol. The van der Waals surface area contributed by atoms with E-state index in [2.05, 4.69) is 30.9 Å². The molecule has 0 spiro atoms. The van der Waals surface area contributed by atoms with Gasteiger partial charge in [0.25, 0.3) is 0 Å². The predicted molar refractivity (Wildman–Crippen MR) is 55.4 cm³/mol. The summed E-state index contributed by atoms with van der Waals surface area (Å²) in [4.78, 5) is 0. The number of thioether (sulfide) groups is 1. The predicted octanol–water partition coefficient (Wildman–Crippen LogP) is 2.52. The summed E-state index contributed by atoms with van der Waals surface area (Å²) in [6, 6.07) is 0.692. The van der Waals surface area contributed by atoms with Crippen LogP contribution < -0.4 is 5.32 Å². The monoisotopic (exact) mass is 175 g/mol. The second-order valence-electron chi connectivity index (χ2n) is 2.94. The third kappa shape index (κ3) is 8.21. The minimum absolute atomic E-state index is 0.692. The average Bonchev–Trinajstić information content (AvgIpc) is 2.04. The summed E-state index contributed by atoms with van der Waals surface area (Å²) < 4.78 is 0. The lowest BCUT2D eigenvalue weighted by atomic mass is 10.2. The molecule has 0 aromatic carbocycles. The molecule has 0 bridgehead atoms. The Morgan fingerprint density at radius 3 is 2.64 bits per heavy atom. The van der Waals surface area contributed by atoms with Gasteiger partial charge >= 0.3 is 0 Å². The minimum atomic E-state index is 0.692. The van der Waals surface area contributed by atoms with E-state index in [0.717, 1.165) is 0 Å². The number of hydrogen-bond donors (Lipinski definition) is 1. The quantitative estimate of drug-likeness (QED) is 0.597. The van der Waals surface area contributed by atoms with Gasteiger partial charge in [-0.1, -0.05) is 6.92 Å². The number of rotatable bonds is 7. The highest BCUT2D eigenvalue weighted by molar-refractivity contribution is 7.99. The van der Waals surface area contributed by atoms with Gasteiger partial charge < -0.3 is 5.32 Å². The fourth-order valence-corrected chi connectivity index (χ4v) is 1.75. The van der Waals surface area contributed by atoms with E-state index in [-0.39, 0.29) is 0 Å². The van der Waals surface area contributed by atoms with E-state index in [9.17, 15) is 0 Å². The van der Waals surface area contributed by atoms with E-state index < -0.39 is 0 Å². The summed E-state index contributed by atoms with van der Waals surface area (Å²) in [6.07, 6.45) is 3.98. The van der Waals surface area contributed by atoms with Gasteiger partial charge in [0.2, 0.25) is 0 Å². The molecule has 11 heavy (non-hydrogen) atoms. The van der Waals surface area contributed by atoms with Crippen LogP contribution in [0.15, 0.2) is 0 Å². The van der Waals surface area contributed by atoms with Crippen molar-refractivity contribution in [2.24, 2.45) is 0 Å². The molecule has 0 aliphatic rings. The van der Waals surface area contributed by atoms with E-state index in [1.165, 1.54) is 30.8 Å². The van der Waals surface area contributed by atoms with Crippen molar-refractivity contribution < 1.29 is 0 Å². The first-order valence-corrected chi connectivity index (χ1v) is 5.71. The molecular formula is C9H21NS. The molecule has 0 radical (unpaired) electrons. The molecule has 68 valence electrons. The lowest BCUT2D eigenvalue weighted by Crippen LogP contribution is -2.20. The van der Waals surface area contributed by atoms with Gasteiger partial charge in [-0.3, -0.25) is 0 Å². The van der Waals surface area contributed by atoms with Crippen LogP contribution in [0.25, 0.3) is 0 Å². The Bertz CT molecular complexity index is 76.0. The first kappa shape index (κ1) is 11.3. The molecule has 0 aliphatic heterocycles. The zero-order valence-electron chi connectivity index (χ0n) is 8.02. The second kappa shape index (κ2) is 8.41. The summed E-state index contributed by atoms with van der Waals surface area (Å²) in [5.41, 5.74) is 0. The molecule has 2 heteroatoms. The van der Waals surface area contributed by atoms with Crippen molar-refractivity contribution in [1.82, 2.24) is 5.32 Å². The molecule has 1 atom stereocenters. The van der Waals surface area contributed by atoms with E-state index in [1.54, 1.807) is 0 Å². The first-order valence-electron chi connectivity index (χ1n) is 4.56. The summed E-state index contributed by atoms with van der Waals surface area (Å²) in [5.74, 6) is 2.66. The lowest BCUT2D eigenvalue weighted by molar-refractivity contribution is 0.559. The maximum Gasteiger partial charge on any atom is 0.00360 e. The summed E-state index contributed by atoms with van der Waals surface area (Å²) in [5, 5.41) is 3.25. The van der Waals surface area contributed by atoms with Crippen molar-refractivity contribution in [1.29, 1.82) is 0 Å². The maximum atomic E-state index is 3.25.